The molecular weight excluding hydrogens is 609 g/mol. The van der Waals surface area contributed by atoms with Crippen molar-refractivity contribution in [2.75, 3.05) is 11.9 Å². The highest BCUT2D eigenvalue weighted by atomic mass is 19.4. The van der Waals surface area contributed by atoms with E-state index >= 15 is 4.39 Å². The van der Waals surface area contributed by atoms with Gasteiger partial charge in [0.2, 0.25) is 0 Å². The van der Waals surface area contributed by atoms with Crippen LogP contribution >= 0.6 is 0 Å². The lowest BCUT2D eigenvalue weighted by molar-refractivity contribution is -0.274. The van der Waals surface area contributed by atoms with E-state index in [2.05, 4.69) is 15.0 Å². The maximum atomic E-state index is 15.1. The van der Waals surface area contributed by atoms with Crippen molar-refractivity contribution in [1.82, 2.24) is 4.98 Å². The van der Waals surface area contributed by atoms with E-state index in [4.69, 9.17) is 4.74 Å². The van der Waals surface area contributed by atoms with Crippen molar-refractivity contribution in [3.05, 3.63) is 100 Å². The minimum atomic E-state index is -4.90. The summed E-state index contributed by atoms with van der Waals surface area (Å²) in [5.41, 5.74) is 0.268. The summed E-state index contributed by atoms with van der Waals surface area (Å²) in [7, 11) is 0. The van der Waals surface area contributed by atoms with Gasteiger partial charge in [-0.25, -0.2) is 4.39 Å². The number of aromatic nitrogens is 1. The van der Waals surface area contributed by atoms with Crippen LogP contribution in [-0.4, -0.2) is 30.0 Å². The fourth-order valence-corrected chi connectivity index (χ4v) is 4.09. The second-order valence-corrected chi connectivity index (χ2v) is 9.40. The number of halogens is 7. The number of pyridine rings is 1. The van der Waals surface area contributed by atoms with Crippen LogP contribution in [0.5, 0.6) is 11.5 Å². The van der Waals surface area contributed by atoms with Gasteiger partial charge in [0.1, 0.15) is 22.9 Å². The van der Waals surface area contributed by atoms with Crippen molar-refractivity contribution in [3.63, 3.8) is 0 Å². The van der Waals surface area contributed by atoms with Gasteiger partial charge >= 0.3 is 12.5 Å². The van der Waals surface area contributed by atoms with E-state index in [1.807, 2.05) is 20.8 Å². The molecule has 6 nitrogen and oxygen atoms in total. The fourth-order valence-electron chi connectivity index (χ4n) is 4.09. The third kappa shape index (κ3) is 10.1. The average Bonchev–Trinajstić information content (AvgIpc) is 2.96. The Kier molecular flexibility index (Phi) is 11.4. The number of amides is 1. The van der Waals surface area contributed by atoms with Crippen LogP contribution in [0, 0.1) is 12.7 Å². The molecule has 1 aromatic heterocycles. The molecule has 13 heteroatoms. The van der Waals surface area contributed by atoms with Crippen molar-refractivity contribution >= 4 is 11.6 Å². The summed E-state index contributed by atoms with van der Waals surface area (Å²) >= 11 is 0. The first-order chi connectivity index (χ1) is 21.2. The summed E-state index contributed by atoms with van der Waals surface area (Å²) in [6, 6.07) is 16.1. The molecule has 1 heterocycles. The standard InChI is InChI=1S/C30H23F7N2O4.C2H6/c1-17-3-5-18(6-4-17)23-16-25(22-12-11-21(15-24(22)31)42-14-2-13-29(32,33)34)39-28(41)26(23)27(40)38-19-7-9-20(10-8-19)43-30(35,36)37;1-2/h3-12,15-16H,2,13-14H2,1H3,(H,38,40)(H,39,41);1-2H3. The summed E-state index contributed by atoms with van der Waals surface area (Å²) in [6.45, 7) is 5.55. The topological polar surface area (TPSA) is 80.4 Å². The van der Waals surface area contributed by atoms with Crippen LogP contribution < -0.4 is 20.3 Å². The molecule has 0 fully saturated rings. The molecule has 0 bridgehead atoms. The molecule has 0 radical (unpaired) electrons. The van der Waals surface area contributed by atoms with Crippen molar-refractivity contribution in [3.8, 4) is 33.9 Å². The number of alkyl halides is 6. The van der Waals surface area contributed by atoms with E-state index < -0.39 is 42.0 Å². The maximum absolute atomic E-state index is 15.1. The first-order valence-electron chi connectivity index (χ1n) is 13.7. The minimum Gasteiger partial charge on any atom is -0.493 e. The van der Waals surface area contributed by atoms with E-state index in [9.17, 15) is 35.9 Å². The zero-order valence-corrected chi connectivity index (χ0v) is 24.3. The molecule has 0 aliphatic carbocycles. The molecule has 1 amide bonds. The summed E-state index contributed by atoms with van der Waals surface area (Å²) < 4.78 is 98.5. The second kappa shape index (κ2) is 14.8. The number of aryl methyl sites for hydroxylation is 1. The Hall–Kier alpha value is -4.81. The molecule has 2 N–H and O–H groups in total. The zero-order valence-electron chi connectivity index (χ0n) is 24.3. The highest BCUT2D eigenvalue weighted by Gasteiger charge is 2.31. The van der Waals surface area contributed by atoms with E-state index in [1.54, 1.807) is 24.3 Å². The van der Waals surface area contributed by atoms with Crippen LogP contribution in [0.4, 0.5) is 36.4 Å². The number of anilines is 1. The quantitative estimate of drug-likeness (QED) is 0.142. The molecule has 0 aliphatic heterocycles. The molecule has 240 valence electrons. The predicted octanol–water partition coefficient (Wildman–Crippen LogP) is 9.05. The van der Waals surface area contributed by atoms with Crippen molar-refractivity contribution in [2.24, 2.45) is 0 Å². The molecule has 0 unspecified atom stereocenters. The number of carbonyl (C=O) groups excluding carboxylic acids is 1. The Morgan fingerprint density at radius 2 is 1.47 bits per heavy atom. The van der Waals surface area contributed by atoms with Gasteiger partial charge in [-0.15, -0.1) is 13.2 Å². The highest BCUT2D eigenvalue weighted by molar-refractivity contribution is 6.08. The molecule has 4 aromatic rings. The molecule has 45 heavy (non-hydrogen) atoms. The lowest BCUT2D eigenvalue weighted by atomic mass is 9.97. The Labute approximate surface area is 253 Å². The molecule has 0 saturated carbocycles. The van der Waals surface area contributed by atoms with Crippen molar-refractivity contribution < 1.29 is 45.0 Å². The summed E-state index contributed by atoms with van der Waals surface area (Å²) in [5, 5.41) is 2.47. The van der Waals surface area contributed by atoms with E-state index in [0.29, 0.717) is 5.56 Å². The number of rotatable bonds is 9. The van der Waals surface area contributed by atoms with Crippen LogP contribution in [0.2, 0.25) is 0 Å². The van der Waals surface area contributed by atoms with Crippen LogP contribution in [-0.2, 0) is 0 Å². The van der Waals surface area contributed by atoms with Gasteiger partial charge in [0.05, 0.1) is 12.3 Å². The molecule has 0 aliphatic rings. The van der Waals surface area contributed by atoms with Crippen LogP contribution in [0.1, 0.15) is 42.6 Å². The number of ether oxygens (including phenoxy) is 2. The monoisotopic (exact) mass is 638 g/mol. The first-order valence-corrected chi connectivity index (χ1v) is 13.7. The second-order valence-electron chi connectivity index (χ2n) is 9.40. The van der Waals surface area contributed by atoms with Gasteiger partial charge in [0, 0.05) is 29.3 Å². The highest BCUT2D eigenvalue weighted by Crippen LogP contribution is 2.31. The van der Waals surface area contributed by atoms with Crippen LogP contribution in [0.25, 0.3) is 22.4 Å². The Morgan fingerprint density at radius 1 is 0.844 bits per heavy atom. The molecule has 3 aromatic carbocycles. The SMILES string of the molecule is CC.Cc1ccc(-c2cc(-c3ccc(OCCCC(F)(F)F)cc3F)[nH]c(=O)c2C(=O)Nc2ccc(OC(F)(F)F)cc2)cc1. The smallest absolute Gasteiger partial charge is 0.493 e. The summed E-state index contributed by atoms with van der Waals surface area (Å²) in [6.07, 6.45) is -10.6. The normalized spacial score (nSPS) is 11.3. The van der Waals surface area contributed by atoms with Gasteiger partial charge in [-0.3, -0.25) is 9.59 Å². The molecule has 0 saturated heterocycles. The number of nitrogens with one attached hydrogen (secondary N) is 2. The summed E-state index contributed by atoms with van der Waals surface area (Å²) in [5.74, 6) is -2.23. The Morgan fingerprint density at radius 3 is 2.04 bits per heavy atom. The predicted molar refractivity (Wildman–Crippen MR) is 156 cm³/mol. The number of H-pyrrole nitrogens is 1. The number of hydrogen-bond donors (Lipinski definition) is 2. The average molecular weight is 639 g/mol. The zero-order chi connectivity index (χ0) is 33.4. The van der Waals surface area contributed by atoms with Gasteiger partial charge in [0.25, 0.3) is 11.5 Å². The van der Waals surface area contributed by atoms with Gasteiger partial charge in [-0.05, 0) is 61.4 Å². The number of hydrogen-bond acceptors (Lipinski definition) is 4. The molecule has 0 spiro atoms. The number of aromatic amines is 1. The van der Waals surface area contributed by atoms with Crippen molar-refractivity contribution in [1.29, 1.82) is 0 Å². The number of benzene rings is 3. The molecular formula is C32H29F7N2O4. The Balaban J connectivity index is 0.00000271. The number of carbonyl (C=O) groups is 1. The fraction of sp³-hybridized carbons (Fsp3) is 0.250. The third-order valence-corrected chi connectivity index (χ3v) is 6.07. The van der Waals surface area contributed by atoms with Gasteiger partial charge in [-0.1, -0.05) is 43.7 Å². The van der Waals surface area contributed by atoms with E-state index in [1.165, 1.54) is 18.2 Å². The summed E-state index contributed by atoms with van der Waals surface area (Å²) in [4.78, 5) is 29.0. The Bertz CT molecular complexity index is 1650. The first kappa shape index (κ1) is 34.7. The lowest BCUT2D eigenvalue weighted by Gasteiger charge is -2.14. The molecule has 4 rings (SSSR count). The maximum Gasteiger partial charge on any atom is 0.573 e. The van der Waals surface area contributed by atoms with Crippen molar-refractivity contribution in [2.45, 2.75) is 46.2 Å². The van der Waals surface area contributed by atoms with Crippen LogP contribution in [0.15, 0.2) is 77.6 Å². The van der Waals surface area contributed by atoms with Gasteiger partial charge in [-0.2, -0.15) is 13.2 Å². The molecule has 0 atom stereocenters. The van der Waals surface area contributed by atoms with Gasteiger partial charge in [0.15, 0.2) is 0 Å². The van der Waals surface area contributed by atoms with E-state index in [-0.39, 0.29) is 46.8 Å². The lowest BCUT2D eigenvalue weighted by Crippen LogP contribution is -2.25. The largest absolute Gasteiger partial charge is 0.573 e. The third-order valence-electron chi connectivity index (χ3n) is 6.07. The minimum absolute atomic E-state index is 0.00639. The van der Waals surface area contributed by atoms with Crippen LogP contribution in [0.3, 0.4) is 0 Å². The van der Waals surface area contributed by atoms with E-state index in [0.717, 1.165) is 35.9 Å². The van der Waals surface area contributed by atoms with Gasteiger partial charge < -0.3 is 19.8 Å².